The molecule has 112 valence electrons. The van der Waals surface area contributed by atoms with Gasteiger partial charge in [-0.3, -0.25) is 0 Å². The molecule has 0 aliphatic heterocycles. The number of aliphatic hydroxyl groups is 1. The summed E-state index contributed by atoms with van der Waals surface area (Å²) in [6, 6.07) is 9.31. The maximum absolute atomic E-state index is 10.3. The lowest BCUT2D eigenvalue weighted by molar-refractivity contribution is -0.0527. The molecule has 0 spiro atoms. The Bertz CT molecular complexity index is 576. The summed E-state index contributed by atoms with van der Waals surface area (Å²) < 4.78 is 11.0. The van der Waals surface area contributed by atoms with Crippen LogP contribution < -0.4 is 0 Å². The second-order valence-corrected chi connectivity index (χ2v) is 5.53. The van der Waals surface area contributed by atoms with Crippen molar-refractivity contribution in [1.82, 2.24) is 10.1 Å². The van der Waals surface area contributed by atoms with E-state index in [2.05, 4.69) is 10.1 Å². The Morgan fingerprint density at radius 3 is 2.57 bits per heavy atom. The molecule has 0 radical (unpaired) electrons. The zero-order valence-electron chi connectivity index (χ0n) is 12.2. The molecule has 1 aromatic carbocycles. The summed E-state index contributed by atoms with van der Waals surface area (Å²) in [5.74, 6) is 0.771. The van der Waals surface area contributed by atoms with Crippen molar-refractivity contribution < 1.29 is 14.4 Å². The van der Waals surface area contributed by atoms with Crippen LogP contribution in [0, 0.1) is 0 Å². The van der Waals surface area contributed by atoms with Gasteiger partial charge in [0, 0.05) is 7.11 Å². The van der Waals surface area contributed by atoms with Crippen molar-refractivity contribution in [2.75, 3.05) is 7.11 Å². The summed E-state index contributed by atoms with van der Waals surface area (Å²) >= 11 is 0. The van der Waals surface area contributed by atoms with Gasteiger partial charge in [-0.05, 0) is 18.4 Å². The SMILES string of the molecule is COC1(c2noc(C(O)c3ccccc3)n2)CCCCC1. The van der Waals surface area contributed by atoms with Crippen LogP contribution in [0.15, 0.2) is 34.9 Å². The molecule has 1 unspecified atom stereocenters. The van der Waals surface area contributed by atoms with Crippen LogP contribution in [-0.4, -0.2) is 22.4 Å². The molecule has 1 fully saturated rings. The highest BCUT2D eigenvalue weighted by Crippen LogP contribution is 2.39. The summed E-state index contributed by atoms with van der Waals surface area (Å²) in [7, 11) is 1.69. The van der Waals surface area contributed by atoms with Gasteiger partial charge in [0.25, 0.3) is 5.89 Å². The summed E-state index contributed by atoms with van der Waals surface area (Å²) in [5.41, 5.74) is 0.277. The molecule has 5 heteroatoms. The number of aliphatic hydroxyl groups excluding tert-OH is 1. The minimum absolute atomic E-state index is 0.221. The molecule has 1 aliphatic rings. The number of hydrogen-bond acceptors (Lipinski definition) is 5. The average Bonchev–Trinajstić information content (AvgIpc) is 3.06. The van der Waals surface area contributed by atoms with Gasteiger partial charge in [0.2, 0.25) is 5.82 Å². The number of methoxy groups -OCH3 is 1. The zero-order chi connectivity index (χ0) is 14.7. The largest absolute Gasteiger partial charge is 0.378 e. The van der Waals surface area contributed by atoms with Crippen LogP contribution in [0.1, 0.15) is 55.5 Å². The third kappa shape index (κ3) is 2.71. The summed E-state index contributed by atoms with van der Waals surface area (Å²) in [6.07, 6.45) is 4.29. The van der Waals surface area contributed by atoms with Crippen molar-refractivity contribution >= 4 is 0 Å². The molecule has 1 saturated carbocycles. The first-order chi connectivity index (χ1) is 10.2. The number of aromatic nitrogens is 2. The Morgan fingerprint density at radius 2 is 1.90 bits per heavy atom. The van der Waals surface area contributed by atoms with Crippen LogP contribution in [0.2, 0.25) is 0 Å². The molecular formula is C16H20N2O3. The molecule has 2 aromatic rings. The molecular weight excluding hydrogens is 268 g/mol. The molecule has 5 nitrogen and oxygen atoms in total. The highest BCUT2D eigenvalue weighted by atomic mass is 16.5. The fraction of sp³-hybridized carbons (Fsp3) is 0.500. The van der Waals surface area contributed by atoms with Gasteiger partial charge >= 0.3 is 0 Å². The number of benzene rings is 1. The summed E-state index contributed by atoms with van der Waals surface area (Å²) in [4.78, 5) is 4.40. The molecule has 0 amide bonds. The van der Waals surface area contributed by atoms with E-state index in [1.807, 2.05) is 30.3 Å². The van der Waals surface area contributed by atoms with Crippen LogP contribution in [-0.2, 0) is 10.3 Å². The van der Waals surface area contributed by atoms with Gasteiger partial charge in [-0.1, -0.05) is 54.8 Å². The second-order valence-electron chi connectivity index (χ2n) is 5.53. The van der Waals surface area contributed by atoms with Crippen LogP contribution in [0.3, 0.4) is 0 Å². The van der Waals surface area contributed by atoms with E-state index in [9.17, 15) is 5.11 Å². The molecule has 3 rings (SSSR count). The molecule has 0 bridgehead atoms. The van der Waals surface area contributed by atoms with Gasteiger partial charge in [-0.25, -0.2) is 0 Å². The number of ether oxygens (including phenoxy) is 1. The van der Waals surface area contributed by atoms with Crippen LogP contribution in [0.25, 0.3) is 0 Å². The third-order valence-corrected chi connectivity index (χ3v) is 4.25. The van der Waals surface area contributed by atoms with Crippen molar-refractivity contribution in [3.8, 4) is 0 Å². The van der Waals surface area contributed by atoms with E-state index < -0.39 is 11.7 Å². The Labute approximate surface area is 123 Å². The van der Waals surface area contributed by atoms with Crippen LogP contribution in [0.5, 0.6) is 0 Å². The van der Waals surface area contributed by atoms with E-state index in [-0.39, 0.29) is 5.89 Å². The van der Waals surface area contributed by atoms with E-state index in [1.54, 1.807) is 7.11 Å². The zero-order valence-corrected chi connectivity index (χ0v) is 12.2. The predicted octanol–water partition coefficient (Wildman–Crippen LogP) is 2.96. The summed E-state index contributed by atoms with van der Waals surface area (Å²) in [5, 5.41) is 14.4. The highest BCUT2D eigenvalue weighted by Gasteiger charge is 2.39. The molecule has 0 saturated heterocycles. The Balaban J connectivity index is 1.86. The van der Waals surface area contributed by atoms with E-state index in [1.165, 1.54) is 6.42 Å². The van der Waals surface area contributed by atoms with Gasteiger partial charge in [0.1, 0.15) is 5.60 Å². The maximum Gasteiger partial charge on any atom is 0.260 e. The molecule has 1 atom stereocenters. The van der Waals surface area contributed by atoms with Crippen molar-refractivity contribution in [3.05, 3.63) is 47.6 Å². The lowest BCUT2D eigenvalue weighted by Crippen LogP contribution is -2.32. The van der Waals surface area contributed by atoms with Gasteiger partial charge < -0.3 is 14.4 Å². The van der Waals surface area contributed by atoms with Gasteiger partial charge in [0.05, 0.1) is 0 Å². The van der Waals surface area contributed by atoms with Gasteiger partial charge in [-0.2, -0.15) is 4.98 Å². The minimum Gasteiger partial charge on any atom is -0.378 e. The maximum atomic E-state index is 10.3. The molecule has 1 heterocycles. The first kappa shape index (κ1) is 14.2. The van der Waals surface area contributed by atoms with Crippen molar-refractivity contribution in [1.29, 1.82) is 0 Å². The van der Waals surface area contributed by atoms with Crippen molar-refractivity contribution in [3.63, 3.8) is 0 Å². The first-order valence-electron chi connectivity index (χ1n) is 7.37. The fourth-order valence-corrected chi connectivity index (χ4v) is 2.95. The molecule has 1 aliphatic carbocycles. The predicted molar refractivity (Wildman–Crippen MR) is 76.6 cm³/mol. The van der Waals surface area contributed by atoms with E-state index in [4.69, 9.17) is 9.26 Å². The molecule has 21 heavy (non-hydrogen) atoms. The number of rotatable bonds is 4. The Hall–Kier alpha value is -1.72. The van der Waals surface area contributed by atoms with Gasteiger partial charge in [-0.15, -0.1) is 0 Å². The smallest absolute Gasteiger partial charge is 0.260 e. The molecule has 1 aromatic heterocycles. The van der Waals surface area contributed by atoms with Crippen LogP contribution >= 0.6 is 0 Å². The monoisotopic (exact) mass is 288 g/mol. The lowest BCUT2D eigenvalue weighted by atomic mass is 9.84. The van der Waals surface area contributed by atoms with E-state index >= 15 is 0 Å². The fourth-order valence-electron chi connectivity index (χ4n) is 2.95. The average molecular weight is 288 g/mol. The quantitative estimate of drug-likeness (QED) is 0.936. The second kappa shape index (κ2) is 5.95. The van der Waals surface area contributed by atoms with Gasteiger partial charge in [0.15, 0.2) is 6.10 Å². The standard InChI is InChI=1S/C16H20N2O3/c1-20-16(10-6-3-7-11-16)15-17-14(21-18-15)13(19)12-8-4-2-5-9-12/h2,4-5,8-9,13,19H,3,6-7,10-11H2,1H3. The Morgan fingerprint density at radius 1 is 1.19 bits per heavy atom. The number of nitrogens with zero attached hydrogens (tertiary/aromatic N) is 2. The minimum atomic E-state index is -0.898. The summed E-state index contributed by atoms with van der Waals surface area (Å²) in [6.45, 7) is 0. The van der Waals surface area contributed by atoms with Crippen molar-refractivity contribution in [2.45, 2.75) is 43.8 Å². The Kier molecular flexibility index (Phi) is 4.03. The van der Waals surface area contributed by atoms with Crippen molar-refractivity contribution in [2.24, 2.45) is 0 Å². The molecule has 1 N–H and O–H groups in total. The number of hydrogen-bond donors (Lipinski definition) is 1. The topological polar surface area (TPSA) is 68.4 Å². The lowest BCUT2D eigenvalue weighted by Gasteiger charge is -2.32. The first-order valence-corrected chi connectivity index (χ1v) is 7.37. The van der Waals surface area contributed by atoms with Crippen LogP contribution in [0.4, 0.5) is 0 Å². The van der Waals surface area contributed by atoms with E-state index in [0.717, 1.165) is 31.2 Å². The highest BCUT2D eigenvalue weighted by molar-refractivity contribution is 5.21. The van der Waals surface area contributed by atoms with E-state index in [0.29, 0.717) is 5.82 Å². The third-order valence-electron chi connectivity index (χ3n) is 4.25. The normalized spacial score (nSPS) is 19.3.